The van der Waals surface area contributed by atoms with E-state index in [1.54, 1.807) is 0 Å². The van der Waals surface area contributed by atoms with Crippen molar-refractivity contribution in [3.8, 4) is 0 Å². The fourth-order valence-electron chi connectivity index (χ4n) is 0.663. The third-order valence-electron chi connectivity index (χ3n) is 1.30. The molecule has 2 nitrogen and oxygen atoms in total. The highest BCUT2D eigenvalue weighted by atomic mass is 32.1. The molecule has 0 saturated carbocycles. The van der Waals surface area contributed by atoms with Crippen molar-refractivity contribution in [2.45, 2.75) is 40.2 Å². The Morgan fingerprint density at radius 2 is 2.08 bits per heavy atom. The molecule has 1 aromatic heterocycles. The molecule has 0 aliphatic heterocycles. The highest BCUT2D eigenvalue weighted by Crippen LogP contribution is 2.17. The van der Waals surface area contributed by atoms with Crippen molar-refractivity contribution in [1.29, 1.82) is 0 Å². The maximum Gasteiger partial charge on any atom is 0.118 e. The summed E-state index contributed by atoms with van der Waals surface area (Å²) in [4.78, 5) is 4.20. The van der Waals surface area contributed by atoms with Crippen LogP contribution in [0, 0.1) is 0 Å². The summed E-state index contributed by atoms with van der Waals surface area (Å²) in [5.41, 5.74) is 1.08. The second-order valence-electron chi connectivity index (χ2n) is 2.48. The maximum atomic E-state index is 8.68. The molecule has 0 amide bonds. The van der Waals surface area contributed by atoms with E-state index >= 15 is 0 Å². The van der Waals surface area contributed by atoms with E-state index in [0.717, 1.165) is 10.7 Å². The van der Waals surface area contributed by atoms with Gasteiger partial charge in [-0.1, -0.05) is 27.7 Å². The minimum Gasteiger partial charge on any atom is -0.389 e. The van der Waals surface area contributed by atoms with Gasteiger partial charge in [-0.15, -0.1) is 11.3 Å². The molecule has 0 atom stereocenters. The summed E-state index contributed by atoms with van der Waals surface area (Å²) in [6, 6.07) is 0. The smallest absolute Gasteiger partial charge is 0.118 e. The zero-order chi connectivity index (χ0) is 9.56. The number of aliphatic hydroxyl groups excluding tert-OH is 1. The van der Waals surface area contributed by atoms with E-state index in [2.05, 4.69) is 18.8 Å². The van der Waals surface area contributed by atoms with Gasteiger partial charge in [-0.05, 0) is 5.92 Å². The molecule has 1 rings (SSSR count). The molecule has 0 fully saturated rings. The number of aromatic nitrogens is 1. The van der Waals surface area contributed by atoms with Gasteiger partial charge >= 0.3 is 0 Å². The fourth-order valence-corrected chi connectivity index (χ4v) is 1.48. The number of aliphatic hydroxyl groups is 1. The SMILES string of the molecule is CC.CC(C)c1csc(CO)n1. The molecule has 0 bridgehead atoms. The first-order valence-corrected chi connectivity index (χ1v) is 5.17. The molecule has 0 unspecified atom stereocenters. The summed E-state index contributed by atoms with van der Waals surface area (Å²) in [5.74, 6) is 0.469. The number of hydrogen-bond acceptors (Lipinski definition) is 3. The first-order valence-electron chi connectivity index (χ1n) is 4.29. The summed E-state index contributed by atoms with van der Waals surface area (Å²) in [6.07, 6.45) is 0. The van der Waals surface area contributed by atoms with Gasteiger partial charge < -0.3 is 5.11 Å². The van der Waals surface area contributed by atoms with Crippen LogP contribution in [-0.2, 0) is 6.61 Å². The second-order valence-corrected chi connectivity index (χ2v) is 3.42. The van der Waals surface area contributed by atoms with E-state index < -0.39 is 0 Å². The fraction of sp³-hybridized carbons (Fsp3) is 0.667. The molecule has 3 heteroatoms. The van der Waals surface area contributed by atoms with Gasteiger partial charge in [-0.3, -0.25) is 0 Å². The second kappa shape index (κ2) is 6.14. The van der Waals surface area contributed by atoms with Crippen molar-refractivity contribution in [3.63, 3.8) is 0 Å². The van der Waals surface area contributed by atoms with E-state index in [9.17, 15) is 0 Å². The van der Waals surface area contributed by atoms with Gasteiger partial charge in [0, 0.05) is 5.38 Å². The molecule has 0 saturated heterocycles. The standard InChI is InChI=1S/C7H11NOS.C2H6/c1-5(2)6-4-10-7(3-9)8-6;1-2/h4-5,9H,3H2,1-2H3;1-2H3. The van der Waals surface area contributed by atoms with Gasteiger partial charge in [0.15, 0.2) is 0 Å². The van der Waals surface area contributed by atoms with Gasteiger partial charge in [-0.2, -0.15) is 0 Å². The number of rotatable bonds is 2. The van der Waals surface area contributed by atoms with Gasteiger partial charge in [0.1, 0.15) is 5.01 Å². The lowest BCUT2D eigenvalue weighted by atomic mass is 10.2. The third-order valence-corrected chi connectivity index (χ3v) is 2.15. The molecule has 70 valence electrons. The van der Waals surface area contributed by atoms with Crippen LogP contribution >= 0.6 is 11.3 Å². The number of thiazole rings is 1. The zero-order valence-electron chi connectivity index (χ0n) is 8.16. The first-order chi connectivity index (χ1) is 5.74. The van der Waals surface area contributed by atoms with Gasteiger partial charge in [0.25, 0.3) is 0 Å². The maximum absolute atomic E-state index is 8.68. The Balaban J connectivity index is 0.000000561. The van der Waals surface area contributed by atoms with Crippen LogP contribution in [-0.4, -0.2) is 10.1 Å². The summed E-state index contributed by atoms with van der Waals surface area (Å²) in [5, 5.41) is 11.5. The monoisotopic (exact) mass is 187 g/mol. The predicted octanol–water partition coefficient (Wildman–Crippen LogP) is 2.79. The average molecular weight is 187 g/mol. The Labute approximate surface area is 78.3 Å². The van der Waals surface area contributed by atoms with Crippen LogP contribution in [0.15, 0.2) is 5.38 Å². The van der Waals surface area contributed by atoms with Gasteiger partial charge in [0.2, 0.25) is 0 Å². The van der Waals surface area contributed by atoms with Crippen LogP contribution in [0.4, 0.5) is 0 Å². The Bertz CT molecular complexity index is 208. The van der Waals surface area contributed by atoms with Crippen molar-refractivity contribution in [1.82, 2.24) is 4.98 Å². The topological polar surface area (TPSA) is 33.1 Å². The normalized spacial score (nSPS) is 9.50. The highest BCUT2D eigenvalue weighted by Gasteiger charge is 2.03. The molecule has 0 radical (unpaired) electrons. The third kappa shape index (κ3) is 3.32. The van der Waals surface area contributed by atoms with E-state index in [-0.39, 0.29) is 6.61 Å². The van der Waals surface area contributed by atoms with E-state index in [1.807, 2.05) is 19.2 Å². The number of hydrogen-bond donors (Lipinski definition) is 1. The lowest BCUT2D eigenvalue weighted by molar-refractivity contribution is 0.281. The molecule has 0 aromatic carbocycles. The largest absolute Gasteiger partial charge is 0.389 e. The quantitative estimate of drug-likeness (QED) is 0.772. The van der Waals surface area contributed by atoms with E-state index in [1.165, 1.54) is 11.3 Å². The lowest BCUT2D eigenvalue weighted by Gasteiger charge is -1.95. The molecule has 1 aromatic rings. The van der Waals surface area contributed by atoms with Crippen LogP contribution in [0.25, 0.3) is 0 Å². The molecule has 0 aliphatic carbocycles. The molecule has 0 aliphatic rings. The molecule has 1 heterocycles. The summed E-state index contributed by atoms with van der Waals surface area (Å²) < 4.78 is 0. The van der Waals surface area contributed by atoms with Crippen molar-refractivity contribution in [3.05, 3.63) is 16.1 Å². The Morgan fingerprint density at radius 3 is 2.33 bits per heavy atom. The zero-order valence-corrected chi connectivity index (χ0v) is 8.98. The van der Waals surface area contributed by atoms with E-state index in [4.69, 9.17) is 5.11 Å². The van der Waals surface area contributed by atoms with Crippen LogP contribution in [0.2, 0.25) is 0 Å². The van der Waals surface area contributed by atoms with Crippen LogP contribution in [0.5, 0.6) is 0 Å². The van der Waals surface area contributed by atoms with Crippen molar-refractivity contribution >= 4 is 11.3 Å². The van der Waals surface area contributed by atoms with Crippen molar-refractivity contribution in [2.24, 2.45) is 0 Å². The minimum absolute atomic E-state index is 0.0669. The van der Waals surface area contributed by atoms with Crippen LogP contribution < -0.4 is 0 Å². The molecule has 12 heavy (non-hydrogen) atoms. The van der Waals surface area contributed by atoms with Gasteiger partial charge in [0.05, 0.1) is 12.3 Å². The number of nitrogens with zero attached hydrogens (tertiary/aromatic N) is 1. The average Bonchev–Trinajstić information content (AvgIpc) is 2.55. The molecule has 0 spiro atoms. The predicted molar refractivity (Wildman–Crippen MR) is 53.5 cm³/mol. The lowest BCUT2D eigenvalue weighted by Crippen LogP contribution is -1.88. The molecular weight excluding hydrogens is 170 g/mol. The summed E-state index contributed by atoms with van der Waals surface area (Å²) >= 11 is 1.52. The first kappa shape index (κ1) is 11.6. The van der Waals surface area contributed by atoms with Crippen LogP contribution in [0.3, 0.4) is 0 Å². The summed E-state index contributed by atoms with van der Waals surface area (Å²) in [6.45, 7) is 8.25. The summed E-state index contributed by atoms with van der Waals surface area (Å²) in [7, 11) is 0. The van der Waals surface area contributed by atoms with E-state index in [0.29, 0.717) is 5.92 Å². The van der Waals surface area contributed by atoms with Crippen molar-refractivity contribution < 1.29 is 5.11 Å². The molecule has 1 N–H and O–H groups in total. The van der Waals surface area contributed by atoms with Crippen LogP contribution in [0.1, 0.15) is 44.3 Å². The van der Waals surface area contributed by atoms with Crippen molar-refractivity contribution in [2.75, 3.05) is 0 Å². The Kier molecular flexibility index (Phi) is 5.93. The highest BCUT2D eigenvalue weighted by molar-refractivity contribution is 7.09. The molecular formula is C9H17NOS. The Morgan fingerprint density at radius 1 is 1.50 bits per heavy atom. The van der Waals surface area contributed by atoms with Gasteiger partial charge in [-0.25, -0.2) is 4.98 Å². The minimum atomic E-state index is 0.0669. The Hall–Kier alpha value is -0.410.